The summed E-state index contributed by atoms with van der Waals surface area (Å²) < 4.78 is 12.9. The minimum atomic E-state index is -0.397. The van der Waals surface area contributed by atoms with Crippen molar-refractivity contribution in [2.45, 2.75) is 13.5 Å². The van der Waals surface area contributed by atoms with Crippen molar-refractivity contribution in [1.29, 1.82) is 0 Å². The van der Waals surface area contributed by atoms with E-state index in [0.717, 1.165) is 11.3 Å². The molecule has 0 saturated carbocycles. The molecule has 1 aromatic heterocycles. The van der Waals surface area contributed by atoms with Crippen molar-refractivity contribution in [1.82, 2.24) is 10.3 Å². The second-order valence-corrected chi connectivity index (χ2v) is 6.62. The lowest BCUT2D eigenvalue weighted by atomic mass is 10.1. The smallest absolute Gasteiger partial charge is 0.321 e. The van der Waals surface area contributed by atoms with Crippen molar-refractivity contribution in [2.75, 3.05) is 10.6 Å². The van der Waals surface area contributed by atoms with Crippen LogP contribution >= 0.6 is 11.3 Å². The van der Waals surface area contributed by atoms with Crippen LogP contribution in [0, 0.1) is 12.7 Å². The van der Waals surface area contributed by atoms with Crippen molar-refractivity contribution in [2.24, 2.45) is 0 Å². The zero-order valence-corrected chi connectivity index (χ0v) is 15.3. The van der Waals surface area contributed by atoms with Crippen LogP contribution in [-0.2, 0) is 6.54 Å². The number of amides is 3. The maximum absolute atomic E-state index is 12.9. The Balaban J connectivity index is 1.56. The van der Waals surface area contributed by atoms with E-state index in [1.54, 1.807) is 18.2 Å². The summed E-state index contributed by atoms with van der Waals surface area (Å²) in [5.74, 6) is -0.734. The molecule has 8 heteroatoms. The molecule has 3 N–H and O–H groups in total. The fourth-order valence-corrected chi connectivity index (χ4v) is 2.98. The number of hydrogen-bond acceptors (Lipinski definition) is 4. The molecule has 27 heavy (non-hydrogen) atoms. The van der Waals surface area contributed by atoms with Gasteiger partial charge in [0.1, 0.15) is 5.82 Å². The van der Waals surface area contributed by atoms with Gasteiger partial charge in [0.25, 0.3) is 5.91 Å². The molecule has 1 heterocycles. The van der Waals surface area contributed by atoms with Gasteiger partial charge in [-0.3, -0.25) is 10.1 Å². The van der Waals surface area contributed by atoms with E-state index in [-0.39, 0.29) is 18.5 Å². The molecule has 0 radical (unpaired) electrons. The molecule has 0 aliphatic heterocycles. The minimum absolute atomic E-state index is 0.288. The summed E-state index contributed by atoms with van der Waals surface area (Å²) in [6.45, 7) is 2.14. The summed E-state index contributed by atoms with van der Waals surface area (Å²) in [5.41, 5.74) is 2.61. The average molecular weight is 384 g/mol. The number of anilines is 2. The van der Waals surface area contributed by atoms with E-state index in [1.807, 2.05) is 18.4 Å². The molecule has 0 bridgehead atoms. The highest BCUT2D eigenvalue weighted by molar-refractivity contribution is 7.13. The van der Waals surface area contributed by atoms with Crippen molar-refractivity contribution in [3.8, 4) is 0 Å². The lowest BCUT2D eigenvalue weighted by Crippen LogP contribution is -2.28. The predicted molar refractivity (Wildman–Crippen MR) is 104 cm³/mol. The second-order valence-electron chi connectivity index (χ2n) is 5.76. The van der Waals surface area contributed by atoms with E-state index < -0.39 is 5.82 Å². The van der Waals surface area contributed by atoms with E-state index in [2.05, 4.69) is 20.9 Å². The molecule has 2 aromatic carbocycles. The molecule has 0 fully saturated rings. The van der Waals surface area contributed by atoms with Gasteiger partial charge >= 0.3 is 6.03 Å². The van der Waals surface area contributed by atoms with Gasteiger partial charge < -0.3 is 10.6 Å². The van der Waals surface area contributed by atoms with Gasteiger partial charge in [0.15, 0.2) is 5.13 Å². The zero-order valence-electron chi connectivity index (χ0n) is 14.5. The van der Waals surface area contributed by atoms with Gasteiger partial charge in [0.2, 0.25) is 0 Å². The maximum atomic E-state index is 12.9. The van der Waals surface area contributed by atoms with Crippen molar-refractivity contribution >= 4 is 34.1 Å². The summed E-state index contributed by atoms with van der Waals surface area (Å²) in [6.07, 6.45) is 0. The van der Waals surface area contributed by atoms with Gasteiger partial charge in [-0.05, 0) is 48.9 Å². The van der Waals surface area contributed by atoms with Crippen LogP contribution in [0.25, 0.3) is 0 Å². The van der Waals surface area contributed by atoms with Crippen molar-refractivity contribution in [3.05, 3.63) is 76.5 Å². The largest absolute Gasteiger partial charge is 0.334 e. The van der Waals surface area contributed by atoms with Crippen LogP contribution in [-0.4, -0.2) is 16.9 Å². The Morgan fingerprint density at radius 3 is 2.59 bits per heavy atom. The number of aromatic nitrogens is 1. The Morgan fingerprint density at radius 1 is 1.11 bits per heavy atom. The second kappa shape index (κ2) is 8.41. The Labute approximate surface area is 159 Å². The van der Waals surface area contributed by atoms with Crippen LogP contribution in [0.15, 0.2) is 53.9 Å². The topological polar surface area (TPSA) is 83.1 Å². The van der Waals surface area contributed by atoms with Crippen LogP contribution in [0.5, 0.6) is 0 Å². The maximum Gasteiger partial charge on any atom is 0.321 e. The lowest BCUT2D eigenvalue weighted by molar-refractivity contribution is 0.102. The van der Waals surface area contributed by atoms with E-state index in [4.69, 9.17) is 0 Å². The highest BCUT2D eigenvalue weighted by atomic mass is 32.1. The summed E-state index contributed by atoms with van der Waals surface area (Å²) in [7, 11) is 0. The number of aryl methyl sites for hydroxylation is 1. The number of carbonyl (C=O) groups is 2. The molecular formula is C19H17FN4O2S. The quantitative estimate of drug-likeness (QED) is 0.617. The standard InChI is InChI=1S/C19H17FN4O2S/c1-12-11-27-19(22-12)24-18(26)21-10-13-3-2-4-16(9-13)23-17(25)14-5-7-15(20)8-6-14/h2-9,11H,10H2,1H3,(H,23,25)(H2,21,22,24,26). The number of nitrogens with one attached hydrogen (secondary N) is 3. The highest BCUT2D eigenvalue weighted by Gasteiger charge is 2.08. The molecule has 138 valence electrons. The summed E-state index contributed by atoms with van der Waals surface area (Å²) in [6, 6.07) is 12.1. The van der Waals surface area contributed by atoms with E-state index in [1.165, 1.54) is 35.6 Å². The van der Waals surface area contributed by atoms with Crippen LogP contribution < -0.4 is 16.0 Å². The van der Waals surface area contributed by atoms with Crippen LogP contribution in [0.2, 0.25) is 0 Å². The number of benzene rings is 2. The molecule has 3 amide bonds. The Bertz CT molecular complexity index is 956. The molecule has 0 atom stereocenters. The third-order valence-electron chi connectivity index (χ3n) is 3.58. The lowest BCUT2D eigenvalue weighted by Gasteiger charge is -2.09. The van der Waals surface area contributed by atoms with E-state index >= 15 is 0 Å². The molecule has 0 aliphatic rings. The fourth-order valence-electron chi connectivity index (χ4n) is 2.30. The first-order valence-corrected chi connectivity index (χ1v) is 9.00. The molecule has 0 aliphatic carbocycles. The predicted octanol–water partition coefficient (Wildman–Crippen LogP) is 4.16. The Kier molecular flexibility index (Phi) is 5.77. The molecule has 0 saturated heterocycles. The van der Waals surface area contributed by atoms with E-state index in [9.17, 15) is 14.0 Å². The molecule has 3 rings (SSSR count). The molecule has 3 aromatic rings. The highest BCUT2D eigenvalue weighted by Crippen LogP contribution is 2.15. The first kappa shape index (κ1) is 18.5. The monoisotopic (exact) mass is 384 g/mol. The summed E-state index contributed by atoms with van der Waals surface area (Å²) in [5, 5.41) is 10.5. The first-order valence-electron chi connectivity index (χ1n) is 8.12. The third kappa shape index (κ3) is 5.35. The Hall–Kier alpha value is -3.26. The number of halogens is 1. The zero-order chi connectivity index (χ0) is 19.2. The Morgan fingerprint density at radius 2 is 1.89 bits per heavy atom. The molecule has 0 spiro atoms. The van der Waals surface area contributed by atoms with Crippen LogP contribution in [0.3, 0.4) is 0 Å². The minimum Gasteiger partial charge on any atom is -0.334 e. The van der Waals surface area contributed by atoms with Gasteiger partial charge in [-0.15, -0.1) is 11.3 Å². The number of rotatable bonds is 5. The summed E-state index contributed by atoms with van der Waals surface area (Å²) >= 11 is 1.35. The normalized spacial score (nSPS) is 10.3. The van der Waals surface area contributed by atoms with Gasteiger partial charge in [0.05, 0.1) is 5.69 Å². The van der Waals surface area contributed by atoms with Gasteiger partial charge in [-0.25, -0.2) is 14.2 Å². The molecule has 0 unspecified atom stereocenters. The number of carbonyl (C=O) groups excluding carboxylic acids is 2. The van der Waals surface area contributed by atoms with Crippen molar-refractivity contribution < 1.29 is 14.0 Å². The fraction of sp³-hybridized carbons (Fsp3) is 0.105. The van der Waals surface area contributed by atoms with Crippen molar-refractivity contribution in [3.63, 3.8) is 0 Å². The third-order valence-corrected chi connectivity index (χ3v) is 4.46. The summed E-state index contributed by atoms with van der Waals surface area (Å²) in [4.78, 5) is 28.3. The van der Waals surface area contributed by atoms with Crippen LogP contribution in [0.4, 0.5) is 20.0 Å². The molecule has 6 nitrogen and oxygen atoms in total. The number of urea groups is 1. The SMILES string of the molecule is Cc1csc(NC(=O)NCc2cccc(NC(=O)c3ccc(F)cc3)c2)n1. The number of nitrogens with zero attached hydrogens (tertiary/aromatic N) is 1. The number of hydrogen-bond donors (Lipinski definition) is 3. The van der Waals surface area contributed by atoms with Crippen LogP contribution in [0.1, 0.15) is 21.6 Å². The first-order chi connectivity index (χ1) is 13.0. The van der Waals surface area contributed by atoms with Gasteiger partial charge in [0, 0.05) is 23.2 Å². The number of thiazole rings is 1. The van der Waals surface area contributed by atoms with E-state index in [0.29, 0.717) is 16.4 Å². The average Bonchev–Trinajstić information content (AvgIpc) is 3.05. The van der Waals surface area contributed by atoms with Gasteiger partial charge in [-0.1, -0.05) is 12.1 Å². The van der Waals surface area contributed by atoms with Gasteiger partial charge in [-0.2, -0.15) is 0 Å². The molecular weight excluding hydrogens is 367 g/mol.